The molecular formula is C21H26N2O3. The van der Waals surface area contributed by atoms with E-state index in [9.17, 15) is 4.79 Å². The summed E-state index contributed by atoms with van der Waals surface area (Å²) in [6.45, 7) is 6.31. The monoisotopic (exact) mass is 354 g/mol. The molecule has 1 aromatic heterocycles. The molecule has 0 aliphatic rings. The lowest BCUT2D eigenvalue weighted by atomic mass is 10.1. The van der Waals surface area contributed by atoms with Crippen LogP contribution in [0.3, 0.4) is 0 Å². The summed E-state index contributed by atoms with van der Waals surface area (Å²) < 4.78 is 10.7. The third-order valence-electron chi connectivity index (χ3n) is 3.89. The van der Waals surface area contributed by atoms with Crippen LogP contribution in [0.25, 0.3) is 11.4 Å². The minimum atomic E-state index is -0.534. The van der Waals surface area contributed by atoms with Crippen LogP contribution < -0.4 is 9.47 Å². The zero-order valence-corrected chi connectivity index (χ0v) is 15.3. The van der Waals surface area contributed by atoms with Crippen molar-refractivity contribution in [1.29, 1.82) is 0 Å². The van der Waals surface area contributed by atoms with Crippen LogP contribution in [-0.4, -0.2) is 22.5 Å². The zero-order chi connectivity index (χ0) is 18.6. The summed E-state index contributed by atoms with van der Waals surface area (Å²) in [4.78, 5) is 19.6. The smallest absolute Gasteiger partial charge is 0.335 e. The Morgan fingerprint density at radius 2 is 1.65 bits per heavy atom. The van der Waals surface area contributed by atoms with Crippen molar-refractivity contribution in [3.63, 3.8) is 0 Å². The van der Waals surface area contributed by atoms with E-state index in [0.717, 1.165) is 30.4 Å². The molecule has 0 aliphatic carbocycles. The van der Waals surface area contributed by atoms with E-state index in [1.807, 2.05) is 24.3 Å². The van der Waals surface area contributed by atoms with Gasteiger partial charge in [-0.2, -0.15) is 0 Å². The summed E-state index contributed by atoms with van der Waals surface area (Å²) in [6, 6.07) is 7.67. The predicted octanol–water partition coefficient (Wildman–Crippen LogP) is 4.97. The minimum absolute atomic E-state index is 0.289. The van der Waals surface area contributed by atoms with Crippen molar-refractivity contribution in [2.24, 2.45) is 0 Å². The summed E-state index contributed by atoms with van der Waals surface area (Å²) in [7, 11) is 0. The van der Waals surface area contributed by atoms with Gasteiger partial charge in [0, 0.05) is 11.6 Å². The zero-order valence-electron chi connectivity index (χ0n) is 15.3. The van der Waals surface area contributed by atoms with Crippen LogP contribution in [0.4, 0.5) is 0 Å². The van der Waals surface area contributed by atoms with Crippen molar-refractivity contribution < 1.29 is 14.3 Å². The van der Waals surface area contributed by atoms with Crippen molar-refractivity contribution in [2.75, 3.05) is 6.61 Å². The molecule has 0 amide bonds. The van der Waals surface area contributed by atoms with Crippen molar-refractivity contribution in [1.82, 2.24) is 9.97 Å². The fourth-order valence-electron chi connectivity index (χ4n) is 2.45. The van der Waals surface area contributed by atoms with Gasteiger partial charge < -0.3 is 9.47 Å². The van der Waals surface area contributed by atoms with E-state index in [1.54, 1.807) is 0 Å². The molecule has 0 bridgehead atoms. The number of unbranched alkanes of at least 4 members (excludes halogenated alkanes) is 5. The second-order valence-electron chi connectivity index (χ2n) is 6.01. The first-order chi connectivity index (χ1) is 12.7. The van der Waals surface area contributed by atoms with Gasteiger partial charge in [0.15, 0.2) is 11.6 Å². The molecule has 0 spiro atoms. The summed E-state index contributed by atoms with van der Waals surface area (Å²) in [5.74, 6) is 1.16. The maximum Gasteiger partial charge on any atom is 0.335 e. The summed E-state index contributed by atoms with van der Waals surface area (Å²) in [5.41, 5.74) is 0.874. The molecule has 0 aliphatic heterocycles. The molecule has 5 nitrogen and oxygen atoms in total. The molecule has 1 heterocycles. The lowest BCUT2D eigenvalue weighted by Crippen LogP contribution is -2.04. The predicted molar refractivity (Wildman–Crippen MR) is 102 cm³/mol. The number of hydrogen-bond donors (Lipinski definition) is 0. The molecular weight excluding hydrogens is 328 g/mol. The van der Waals surface area contributed by atoms with Crippen molar-refractivity contribution in [3.05, 3.63) is 49.3 Å². The number of nitrogens with zero attached hydrogens (tertiary/aromatic N) is 2. The molecule has 26 heavy (non-hydrogen) atoms. The van der Waals surface area contributed by atoms with Gasteiger partial charge in [-0.3, -0.25) is 0 Å². The van der Waals surface area contributed by atoms with Gasteiger partial charge in [-0.1, -0.05) is 45.6 Å². The van der Waals surface area contributed by atoms with E-state index >= 15 is 0 Å². The molecule has 0 unspecified atom stereocenters. The molecule has 138 valence electrons. The molecule has 2 aromatic rings. The number of carbonyl (C=O) groups is 1. The Balaban J connectivity index is 1.79. The van der Waals surface area contributed by atoms with Gasteiger partial charge in [-0.05, 0) is 30.7 Å². The first-order valence-electron chi connectivity index (χ1n) is 9.12. The van der Waals surface area contributed by atoms with Crippen molar-refractivity contribution >= 4 is 5.97 Å². The molecule has 2 rings (SSSR count). The molecule has 0 atom stereocenters. The molecule has 0 saturated heterocycles. The van der Waals surface area contributed by atoms with Gasteiger partial charge in [0.25, 0.3) is 0 Å². The van der Waals surface area contributed by atoms with Crippen molar-refractivity contribution in [3.8, 4) is 22.9 Å². The third kappa shape index (κ3) is 6.67. The fourth-order valence-corrected chi connectivity index (χ4v) is 2.45. The Morgan fingerprint density at radius 3 is 2.31 bits per heavy atom. The first kappa shape index (κ1) is 19.6. The highest BCUT2D eigenvalue weighted by Crippen LogP contribution is 2.20. The maximum absolute atomic E-state index is 11.1. The lowest BCUT2D eigenvalue weighted by molar-refractivity contribution is -0.129. The number of rotatable bonds is 11. The second kappa shape index (κ2) is 11.0. The van der Waals surface area contributed by atoms with Gasteiger partial charge >= 0.3 is 5.97 Å². The highest BCUT2D eigenvalue weighted by atomic mass is 16.5. The molecule has 0 fully saturated rings. The van der Waals surface area contributed by atoms with Crippen LogP contribution in [0.2, 0.25) is 0 Å². The Bertz CT molecular complexity index is 681. The van der Waals surface area contributed by atoms with Gasteiger partial charge in [-0.15, -0.1) is 0 Å². The van der Waals surface area contributed by atoms with E-state index in [4.69, 9.17) is 9.47 Å². The topological polar surface area (TPSA) is 61.3 Å². The van der Waals surface area contributed by atoms with Gasteiger partial charge in [0.2, 0.25) is 0 Å². The van der Waals surface area contributed by atoms with Crippen LogP contribution in [0.5, 0.6) is 11.5 Å². The number of benzene rings is 1. The molecule has 0 radical (unpaired) electrons. The fraction of sp³-hybridized carbons (Fsp3) is 0.381. The van der Waals surface area contributed by atoms with Gasteiger partial charge in [0.1, 0.15) is 5.75 Å². The van der Waals surface area contributed by atoms with Crippen LogP contribution in [-0.2, 0) is 4.79 Å². The largest absolute Gasteiger partial charge is 0.494 e. The molecule has 0 N–H and O–H groups in total. The van der Waals surface area contributed by atoms with E-state index in [0.29, 0.717) is 5.82 Å². The summed E-state index contributed by atoms with van der Waals surface area (Å²) >= 11 is 0. The SMILES string of the molecule is C=CC(=O)Oc1cnc(-c2ccc(OCCCCCCCC)cc2)nc1. The van der Waals surface area contributed by atoms with Crippen LogP contribution in [0.15, 0.2) is 49.3 Å². The normalized spacial score (nSPS) is 10.3. The molecule has 0 saturated carbocycles. The Labute approximate surface area is 155 Å². The Kier molecular flexibility index (Phi) is 8.33. The average molecular weight is 354 g/mol. The van der Waals surface area contributed by atoms with Crippen LogP contribution in [0, 0.1) is 0 Å². The number of ether oxygens (including phenoxy) is 2. The number of hydrogen-bond acceptors (Lipinski definition) is 5. The second-order valence-corrected chi connectivity index (χ2v) is 6.01. The Hall–Kier alpha value is -2.69. The van der Waals surface area contributed by atoms with Crippen molar-refractivity contribution in [2.45, 2.75) is 45.4 Å². The van der Waals surface area contributed by atoms with Gasteiger partial charge in [-0.25, -0.2) is 14.8 Å². The number of aromatic nitrogens is 2. The summed E-state index contributed by atoms with van der Waals surface area (Å²) in [5, 5.41) is 0. The Morgan fingerprint density at radius 1 is 1.00 bits per heavy atom. The van der Waals surface area contributed by atoms with E-state index in [-0.39, 0.29) is 5.75 Å². The van der Waals surface area contributed by atoms with E-state index < -0.39 is 5.97 Å². The highest BCUT2D eigenvalue weighted by molar-refractivity contribution is 5.83. The molecule has 1 aromatic carbocycles. The third-order valence-corrected chi connectivity index (χ3v) is 3.89. The first-order valence-corrected chi connectivity index (χ1v) is 9.12. The maximum atomic E-state index is 11.1. The number of carbonyl (C=O) groups excluding carboxylic acids is 1. The quantitative estimate of drug-likeness (QED) is 0.324. The molecule has 5 heteroatoms. The van der Waals surface area contributed by atoms with Gasteiger partial charge in [0.05, 0.1) is 19.0 Å². The van der Waals surface area contributed by atoms with E-state index in [2.05, 4.69) is 23.5 Å². The summed E-state index contributed by atoms with van der Waals surface area (Å²) in [6.07, 6.45) is 11.5. The average Bonchev–Trinajstić information content (AvgIpc) is 2.68. The highest BCUT2D eigenvalue weighted by Gasteiger charge is 2.05. The minimum Gasteiger partial charge on any atom is -0.494 e. The van der Waals surface area contributed by atoms with E-state index in [1.165, 1.54) is 44.5 Å². The number of esters is 1. The lowest BCUT2D eigenvalue weighted by Gasteiger charge is -2.07. The standard InChI is InChI=1S/C21H26N2O3/c1-3-5-6-7-8-9-14-25-18-12-10-17(11-13-18)21-22-15-19(16-23-21)26-20(24)4-2/h4,10-13,15-16H,2-3,5-9,14H2,1H3. The van der Waals surface area contributed by atoms with Crippen LogP contribution >= 0.6 is 0 Å². The van der Waals surface area contributed by atoms with Crippen LogP contribution in [0.1, 0.15) is 45.4 Å².